The van der Waals surface area contributed by atoms with E-state index in [1.54, 1.807) is 11.3 Å². The molecule has 3 nitrogen and oxygen atoms in total. The normalized spacial score (nSPS) is 18.1. The molecule has 0 fully saturated rings. The third kappa shape index (κ3) is 2.54. The quantitative estimate of drug-likeness (QED) is 0.918. The van der Waals surface area contributed by atoms with E-state index in [4.69, 9.17) is 4.74 Å². The Labute approximate surface area is 111 Å². The molecular formula is C14H16N2OS. The second kappa shape index (κ2) is 5.50. The zero-order valence-electron chi connectivity index (χ0n) is 10.1. The minimum atomic E-state index is 0.412. The van der Waals surface area contributed by atoms with E-state index in [1.807, 2.05) is 23.7 Å². The minimum absolute atomic E-state index is 0.412. The van der Waals surface area contributed by atoms with Gasteiger partial charge in [0, 0.05) is 42.6 Å². The number of para-hydroxylation sites is 1. The van der Waals surface area contributed by atoms with Crippen LogP contribution in [0.4, 0.5) is 0 Å². The molecule has 0 amide bonds. The van der Waals surface area contributed by atoms with Crippen LogP contribution in [0.1, 0.15) is 23.0 Å². The van der Waals surface area contributed by atoms with Crippen molar-refractivity contribution in [2.24, 2.45) is 0 Å². The highest BCUT2D eigenvalue weighted by Crippen LogP contribution is 2.31. The molecule has 2 heterocycles. The second-order valence-electron chi connectivity index (χ2n) is 4.36. The Kier molecular flexibility index (Phi) is 3.57. The standard InChI is InChI=1S/C14H16N2OS/c1-2-4-13-11(3-1)12(6-9-17-13)15-7-5-14-16-8-10-18-14/h1-4,8,10,12,15H,5-7,9H2. The fourth-order valence-electron chi connectivity index (χ4n) is 2.28. The van der Waals surface area contributed by atoms with Crippen LogP contribution in [-0.2, 0) is 6.42 Å². The van der Waals surface area contributed by atoms with Crippen LogP contribution in [0.25, 0.3) is 0 Å². The first-order valence-electron chi connectivity index (χ1n) is 6.27. The summed E-state index contributed by atoms with van der Waals surface area (Å²) in [5, 5.41) is 6.83. The van der Waals surface area contributed by atoms with Crippen LogP contribution >= 0.6 is 11.3 Å². The number of hydrogen-bond donors (Lipinski definition) is 1. The third-order valence-corrected chi connectivity index (χ3v) is 4.01. The van der Waals surface area contributed by atoms with Crippen molar-refractivity contribution in [2.45, 2.75) is 18.9 Å². The summed E-state index contributed by atoms with van der Waals surface area (Å²) in [6, 6.07) is 8.70. The van der Waals surface area contributed by atoms with Gasteiger partial charge in [-0.1, -0.05) is 18.2 Å². The lowest BCUT2D eigenvalue weighted by Gasteiger charge is -2.26. The number of benzene rings is 1. The van der Waals surface area contributed by atoms with Crippen LogP contribution in [0.3, 0.4) is 0 Å². The van der Waals surface area contributed by atoms with Gasteiger partial charge in [0.1, 0.15) is 5.75 Å². The Hall–Kier alpha value is -1.39. The number of nitrogens with one attached hydrogen (secondary N) is 1. The maximum atomic E-state index is 5.66. The van der Waals surface area contributed by atoms with Crippen LogP contribution in [0.5, 0.6) is 5.75 Å². The number of ether oxygens (including phenoxy) is 1. The molecule has 1 aliphatic rings. The Morgan fingerprint density at radius 1 is 1.39 bits per heavy atom. The van der Waals surface area contributed by atoms with Gasteiger partial charge in [-0.05, 0) is 6.07 Å². The Bertz CT molecular complexity index is 498. The molecule has 3 rings (SSSR count). The van der Waals surface area contributed by atoms with Crippen LogP contribution < -0.4 is 10.1 Å². The first kappa shape index (κ1) is 11.7. The number of nitrogens with zero attached hydrogens (tertiary/aromatic N) is 1. The fraction of sp³-hybridized carbons (Fsp3) is 0.357. The monoisotopic (exact) mass is 260 g/mol. The number of aromatic nitrogens is 1. The Balaban J connectivity index is 1.60. The molecule has 0 saturated carbocycles. The van der Waals surface area contributed by atoms with Crippen molar-refractivity contribution in [3.05, 3.63) is 46.4 Å². The van der Waals surface area contributed by atoms with Gasteiger partial charge in [-0.15, -0.1) is 11.3 Å². The molecule has 0 spiro atoms. The number of fused-ring (bicyclic) bond motifs is 1. The van der Waals surface area contributed by atoms with Crippen molar-refractivity contribution in [3.63, 3.8) is 0 Å². The fourth-order valence-corrected chi connectivity index (χ4v) is 2.90. The molecule has 0 aliphatic carbocycles. The molecule has 0 bridgehead atoms. The summed E-state index contributed by atoms with van der Waals surface area (Å²) in [6.45, 7) is 1.76. The molecular weight excluding hydrogens is 244 g/mol. The van der Waals surface area contributed by atoms with E-state index >= 15 is 0 Å². The Morgan fingerprint density at radius 3 is 3.22 bits per heavy atom. The summed E-state index contributed by atoms with van der Waals surface area (Å²) in [7, 11) is 0. The van der Waals surface area contributed by atoms with Gasteiger partial charge in [-0.25, -0.2) is 4.98 Å². The lowest BCUT2D eigenvalue weighted by molar-refractivity contribution is 0.253. The predicted octanol–water partition coefficient (Wildman–Crippen LogP) is 2.80. The van der Waals surface area contributed by atoms with Crippen LogP contribution in [-0.4, -0.2) is 18.1 Å². The van der Waals surface area contributed by atoms with E-state index in [-0.39, 0.29) is 0 Å². The first-order valence-corrected chi connectivity index (χ1v) is 7.15. The van der Waals surface area contributed by atoms with E-state index in [1.165, 1.54) is 10.6 Å². The summed E-state index contributed by atoms with van der Waals surface area (Å²) in [5.41, 5.74) is 1.28. The molecule has 0 saturated heterocycles. The predicted molar refractivity (Wildman–Crippen MR) is 73.1 cm³/mol. The van der Waals surface area contributed by atoms with Crippen molar-refractivity contribution in [2.75, 3.05) is 13.2 Å². The van der Waals surface area contributed by atoms with E-state index in [0.29, 0.717) is 6.04 Å². The van der Waals surface area contributed by atoms with Crippen molar-refractivity contribution >= 4 is 11.3 Å². The van der Waals surface area contributed by atoms with E-state index in [2.05, 4.69) is 22.4 Å². The van der Waals surface area contributed by atoms with E-state index < -0.39 is 0 Å². The van der Waals surface area contributed by atoms with Crippen molar-refractivity contribution in [1.82, 2.24) is 10.3 Å². The molecule has 1 unspecified atom stereocenters. The smallest absolute Gasteiger partial charge is 0.124 e. The molecule has 4 heteroatoms. The average molecular weight is 260 g/mol. The summed E-state index contributed by atoms with van der Waals surface area (Å²) in [6.07, 6.45) is 3.90. The summed E-state index contributed by atoms with van der Waals surface area (Å²) < 4.78 is 5.66. The van der Waals surface area contributed by atoms with Gasteiger partial charge in [0.15, 0.2) is 0 Å². The zero-order chi connectivity index (χ0) is 12.2. The molecule has 1 aromatic carbocycles. The minimum Gasteiger partial charge on any atom is -0.493 e. The summed E-state index contributed by atoms with van der Waals surface area (Å²) in [4.78, 5) is 4.30. The van der Waals surface area contributed by atoms with Crippen molar-refractivity contribution < 1.29 is 4.74 Å². The number of thiazole rings is 1. The van der Waals surface area contributed by atoms with Gasteiger partial charge in [0.05, 0.1) is 11.6 Å². The number of hydrogen-bond acceptors (Lipinski definition) is 4. The lowest BCUT2D eigenvalue weighted by atomic mass is 10.0. The van der Waals surface area contributed by atoms with Crippen molar-refractivity contribution in [1.29, 1.82) is 0 Å². The molecule has 1 atom stereocenters. The topological polar surface area (TPSA) is 34.1 Å². The van der Waals surface area contributed by atoms with Crippen LogP contribution in [0.15, 0.2) is 35.8 Å². The third-order valence-electron chi connectivity index (χ3n) is 3.17. The maximum Gasteiger partial charge on any atom is 0.124 e. The van der Waals surface area contributed by atoms with Gasteiger partial charge in [-0.2, -0.15) is 0 Å². The van der Waals surface area contributed by atoms with Crippen molar-refractivity contribution in [3.8, 4) is 5.75 Å². The van der Waals surface area contributed by atoms with Crippen LogP contribution in [0, 0.1) is 0 Å². The molecule has 1 aromatic heterocycles. The first-order chi connectivity index (χ1) is 8.93. The average Bonchev–Trinajstić information content (AvgIpc) is 2.92. The molecule has 2 aromatic rings. The summed E-state index contributed by atoms with van der Waals surface area (Å²) in [5.74, 6) is 1.02. The number of rotatable bonds is 4. The van der Waals surface area contributed by atoms with Gasteiger partial charge < -0.3 is 10.1 Å². The highest BCUT2D eigenvalue weighted by Gasteiger charge is 2.19. The maximum absolute atomic E-state index is 5.66. The highest BCUT2D eigenvalue weighted by atomic mass is 32.1. The van der Waals surface area contributed by atoms with Gasteiger partial charge in [0.25, 0.3) is 0 Å². The van der Waals surface area contributed by atoms with E-state index in [0.717, 1.165) is 31.7 Å². The van der Waals surface area contributed by atoms with E-state index in [9.17, 15) is 0 Å². The second-order valence-corrected chi connectivity index (χ2v) is 5.34. The largest absolute Gasteiger partial charge is 0.493 e. The Morgan fingerprint density at radius 2 is 2.33 bits per heavy atom. The molecule has 1 N–H and O–H groups in total. The lowest BCUT2D eigenvalue weighted by Crippen LogP contribution is -2.28. The molecule has 18 heavy (non-hydrogen) atoms. The highest BCUT2D eigenvalue weighted by molar-refractivity contribution is 7.09. The zero-order valence-corrected chi connectivity index (χ0v) is 11.0. The van der Waals surface area contributed by atoms with Gasteiger partial charge in [-0.3, -0.25) is 0 Å². The van der Waals surface area contributed by atoms with Crippen LogP contribution in [0.2, 0.25) is 0 Å². The SMILES string of the molecule is c1ccc2c(c1)OCCC2NCCc1nccs1. The van der Waals surface area contributed by atoms with Gasteiger partial charge >= 0.3 is 0 Å². The van der Waals surface area contributed by atoms with Gasteiger partial charge in [0.2, 0.25) is 0 Å². The summed E-state index contributed by atoms with van der Waals surface area (Å²) >= 11 is 1.72. The molecule has 1 aliphatic heterocycles. The molecule has 94 valence electrons. The molecule has 0 radical (unpaired) electrons.